The Morgan fingerprint density at radius 3 is 2.47 bits per heavy atom. The monoisotopic (exact) mass is 232 g/mol. The number of hydrogen-bond acceptors (Lipinski definition) is 4. The molecule has 6 nitrogen and oxygen atoms in total. The molecule has 1 heterocycles. The van der Waals surface area contributed by atoms with Crippen molar-refractivity contribution in [1.82, 2.24) is 19.2 Å². The first-order chi connectivity index (χ1) is 6.94. The third-order valence-corrected chi connectivity index (χ3v) is 3.81. The lowest BCUT2D eigenvalue weighted by molar-refractivity contribution is 0.358. The molecule has 0 spiro atoms. The van der Waals surface area contributed by atoms with Gasteiger partial charge >= 0.3 is 0 Å². The highest BCUT2D eigenvalue weighted by Crippen LogP contribution is 2.09. The Morgan fingerprint density at radius 1 is 1.33 bits per heavy atom. The molecule has 1 N–H and O–H groups in total. The first-order valence-corrected chi connectivity index (χ1v) is 5.98. The maximum absolute atomic E-state index is 11.8. The first-order valence-electron chi connectivity index (χ1n) is 4.54. The van der Waals surface area contributed by atoms with Crippen LogP contribution in [0.15, 0.2) is 17.6 Å². The normalized spacial score (nSPS) is 12.6. The molecule has 0 radical (unpaired) electrons. The van der Waals surface area contributed by atoms with E-state index in [1.807, 2.05) is 19.0 Å². The molecule has 0 fully saturated rings. The van der Waals surface area contributed by atoms with E-state index in [1.165, 1.54) is 16.8 Å². The zero-order chi connectivity index (χ0) is 11.5. The predicted octanol–water partition coefficient (Wildman–Crippen LogP) is -0.408. The number of hydrogen-bond donors (Lipinski definition) is 1. The number of rotatable bonds is 5. The van der Waals surface area contributed by atoms with Crippen LogP contribution in [0.4, 0.5) is 0 Å². The minimum absolute atomic E-state index is 0.128. The van der Waals surface area contributed by atoms with Gasteiger partial charge in [-0.1, -0.05) is 0 Å². The number of nitrogens with one attached hydrogen (secondary N) is 1. The van der Waals surface area contributed by atoms with E-state index in [1.54, 1.807) is 7.05 Å². The summed E-state index contributed by atoms with van der Waals surface area (Å²) in [5.41, 5.74) is 0. The lowest BCUT2D eigenvalue weighted by Gasteiger charge is -2.18. The summed E-state index contributed by atoms with van der Waals surface area (Å²) >= 11 is 0. The van der Waals surface area contributed by atoms with Gasteiger partial charge in [-0.15, -0.1) is 0 Å². The highest BCUT2D eigenvalue weighted by atomic mass is 32.2. The van der Waals surface area contributed by atoms with Crippen molar-refractivity contribution in [3.05, 3.63) is 12.5 Å². The summed E-state index contributed by atoms with van der Waals surface area (Å²) in [5.74, 6) is 0. The maximum Gasteiger partial charge on any atom is 0.259 e. The average Bonchev–Trinajstić information content (AvgIpc) is 2.66. The van der Waals surface area contributed by atoms with Gasteiger partial charge in [0.15, 0.2) is 5.03 Å². The molecule has 15 heavy (non-hydrogen) atoms. The minimum atomic E-state index is -3.40. The fourth-order valence-corrected chi connectivity index (χ4v) is 2.07. The van der Waals surface area contributed by atoms with Crippen LogP contribution in [-0.4, -0.2) is 61.8 Å². The molecule has 0 saturated heterocycles. The second-order valence-corrected chi connectivity index (χ2v) is 5.56. The van der Waals surface area contributed by atoms with E-state index in [9.17, 15) is 8.42 Å². The standard InChI is InChI=1S/C8H16N4O2S/c1-11(2)4-5-12(3)15(13,14)8-6-9-7-10-8/h6-7H,4-5H2,1-3H3,(H,9,10). The van der Waals surface area contributed by atoms with Crippen LogP contribution in [-0.2, 0) is 10.0 Å². The zero-order valence-corrected chi connectivity index (χ0v) is 9.95. The molecular formula is C8H16N4O2S. The number of likely N-dealkylation sites (N-methyl/N-ethyl adjacent to an activating group) is 2. The van der Waals surface area contributed by atoms with Crippen molar-refractivity contribution in [3.8, 4) is 0 Å². The fraction of sp³-hybridized carbons (Fsp3) is 0.625. The van der Waals surface area contributed by atoms with Gasteiger partial charge in [-0.05, 0) is 14.1 Å². The molecule has 0 aliphatic rings. The van der Waals surface area contributed by atoms with E-state index in [0.29, 0.717) is 13.1 Å². The molecule has 7 heteroatoms. The maximum atomic E-state index is 11.8. The van der Waals surface area contributed by atoms with Gasteiger partial charge in [0.2, 0.25) is 0 Å². The SMILES string of the molecule is CN(C)CCN(C)S(=O)(=O)c1cnc[nH]1. The number of aromatic nitrogens is 2. The Morgan fingerprint density at radius 2 is 2.00 bits per heavy atom. The van der Waals surface area contributed by atoms with E-state index in [4.69, 9.17) is 0 Å². The Kier molecular flexibility index (Phi) is 3.83. The molecule has 0 atom stereocenters. The first kappa shape index (κ1) is 12.2. The van der Waals surface area contributed by atoms with Crippen LogP contribution in [0.3, 0.4) is 0 Å². The number of sulfonamides is 1. The van der Waals surface area contributed by atoms with Crippen LogP contribution >= 0.6 is 0 Å². The number of nitrogens with zero attached hydrogens (tertiary/aromatic N) is 3. The van der Waals surface area contributed by atoms with Crippen molar-refractivity contribution in [2.45, 2.75) is 5.03 Å². The lowest BCUT2D eigenvalue weighted by Crippen LogP contribution is -2.33. The van der Waals surface area contributed by atoms with E-state index in [2.05, 4.69) is 9.97 Å². The highest BCUT2D eigenvalue weighted by molar-refractivity contribution is 7.89. The smallest absolute Gasteiger partial charge is 0.259 e. The molecule has 1 aromatic heterocycles. The number of imidazole rings is 1. The van der Waals surface area contributed by atoms with Crippen LogP contribution < -0.4 is 0 Å². The molecule has 0 unspecified atom stereocenters. The van der Waals surface area contributed by atoms with Gasteiger partial charge in [0.1, 0.15) is 0 Å². The van der Waals surface area contributed by atoms with E-state index in [0.717, 1.165) is 0 Å². The highest BCUT2D eigenvalue weighted by Gasteiger charge is 2.21. The summed E-state index contributed by atoms with van der Waals surface area (Å²) < 4.78 is 25.0. The second kappa shape index (κ2) is 4.73. The van der Waals surface area contributed by atoms with E-state index >= 15 is 0 Å². The number of H-pyrrole nitrogens is 1. The molecule has 0 bridgehead atoms. The Hall–Kier alpha value is -0.920. The second-order valence-electron chi connectivity index (χ2n) is 3.55. The topological polar surface area (TPSA) is 69.3 Å². The van der Waals surface area contributed by atoms with E-state index in [-0.39, 0.29) is 5.03 Å². The minimum Gasteiger partial charge on any atom is -0.335 e. The van der Waals surface area contributed by atoms with Crippen LogP contribution in [0.1, 0.15) is 0 Å². The summed E-state index contributed by atoms with van der Waals surface area (Å²) in [7, 11) is 1.95. The lowest BCUT2D eigenvalue weighted by atomic mass is 10.6. The van der Waals surface area contributed by atoms with Gasteiger partial charge in [0.25, 0.3) is 10.0 Å². The van der Waals surface area contributed by atoms with Gasteiger partial charge < -0.3 is 9.88 Å². The van der Waals surface area contributed by atoms with Crippen molar-refractivity contribution in [3.63, 3.8) is 0 Å². The van der Waals surface area contributed by atoms with Crippen LogP contribution in [0.5, 0.6) is 0 Å². The summed E-state index contributed by atoms with van der Waals surface area (Å²) in [6.07, 6.45) is 2.66. The molecule has 1 aromatic rings. The van der Waals surface area contributed by atoms with Gasteiger partial charge in [0.05, 0.1) is 12.5 Å². The van der Waals surface area contributed by atoms with Gasteiger partial charge in [-0.2, -0.15) is 4.31 Å². The Bertz CT molecular complexity index is 385. The van der Waals surface area contributed by atoms with Gasteiger partial charge in [-0.25, -0.2) is 13.4 Å². The van der Waals surface area contributed by atoms with Crippen molar-refractivity contribution in [2.24, 2.45) is 0 Å². The molecular weight excluding hydrogens is 216 g/mol. The van der Waals surface area contributed by atoms with Crippen LogP contribution in [0.2, 0.25) is 0 Å². The van der Waals surface area contributed by atoms with E-state index < -0.39 is 10.0 Å². The van der Waals surface area contributed by atoms with Crippen molar-refractivity contribution >= 4 is 10.0 Å². The molecule has 0 aliphatic carbocycles. The predicted molar refractivity (Wildman–Crippen MR) is 57.0 cm³/mol. The van der Waals surface area contributed by atoms with Crippen molar-refractivity contribution < 1.29 is 8.42 Å². The third-order valence-electron chi connectivity index (χ3n) is 2.02. The Balaban J connectivity index is 2.71. The van der Waals surface area contributed by atoms with Crippen LogP contribution in [0.25, 0.3) is 0 Å². The summed E-state index contributed by atoms with van der Waals surface area (Å²) in [5, 5.41) is 0.128. The summed E-state index contributed by atoms with van der Waals surface area (Å²) in [6, 6.07) is 0. The van der Waals surface area contributed by atoms with Crippen molar-refractivity contribution in [1.29, 1.82) is 0 Å². The van der Waals surface area contributed by atoms with Crippen molar-refractivity contribution in [2.75, 3.05) is 34.2 Å². The molecule has 0 saturated carbocycles. The van der Waals surface area contributed by atoms with Crippen LogP contribution in [0, 0.1) is 0 Å². The average molecular weight is 232 g/mol. The van der Waals surface area contributed by atoms with Gasteiger partial charge in [-0.3, -0.25) is 0 Å². The molecule has 0 amide bonds. The summed E-state index contributed by atoms with van der Waals surface area (Å²) in [6.45, 7) is 1.14. The molecule has 0 aromatic carbocycles. The quantitative estimate of drug-likeness (QED) is 0.749. The molecule has 0 aliphatic heterocycles. The zero-order valence-electron chi connectivity index (χ0n) is 9.14. The number of aromatic amines is 1. The largest absolute Gasteiger partial charge is 0.335 e. The molecule has 86 valence electrons. The summed E-state index contributed by atoms with van der Waals surface area (Å²) in [4.78, 5) is 8.22. The third kappa shape index (κ3) is 3.01. The fourth-order valence-electron chi connectivity index (χ4n) is 1.01. The van der Waals surface area contributed by atoms with Gasteiger partial charge in [0, 0.05) is 20.1 Å². The Labute approximate surface area is 90.0 Å². The molecule has 1 rings (SSSR count).